The van der Waals surface area contributed by atoms with Crippen molar-refractivity contribution in [1.82, 2.24) is 14.2 Å². The van der Waals surface area contributed by atoms with Gasteiger partial charge in [0, 0.05) is 43.0 Å². The average Bonchev–Trinajstić information content (AvgIpc) is 2.76. The normalized spacial score (nSPS) is 18.3. The van der Waals surface area contributed by atoms with Crippen LogP contribution in [0.25, 0.3) is 0 Å². The van der Waals surface area contributed by atoms with E-state index in [1.165, 1.54) is 14.8 Å². The number of Topliss-reactive ketones (excluding diaryl/α,β-unsaturated/α-hetero) is 1. The molecule has 0 radical (unpaired) electrons. The van der Waals surface area contributed by atoms with Gasteiger partial charge in [0.05, 0.1) is 43.7 Å². The Bertz CT molecular complexity index is 1050. The van der Waals surface area contributed by atoms with Crippen molar-refractivity contribution < 1.29 is 17.9 Å². The summed E-state index contributed by atoms with van der Waals surface area (Å²) in [5, 5.41) is 0.439. The largest absolute Gasteiger partial charge is 0.378 e. The molecule has 0 saturated carbocycles. The van der Waals surface area contributed by atoms with E-state index in [0.717, 1.165) is 0 Å². The van der Waals surface area contributed by atoms with E-state index in [-0.39, 0.29) is 18.9 Å². The maximum Gasteiger partial charge on any atom is 0.304 e. The zero-order valence-corrected chi connectivity index (χ0v) is 19.1. The Hall–Kier alpha value is -2.08. The quantitative estimate of drug-likeness (QED) is 0.565. The number of nitrogens with zero attached hydrogens (tertiary/aromatic N) is 4. The number of benzene rings is 1. The lowest BCUT2D eigenvalue weighted by Gasteiger charge is -2.43. The summed E-state index contributed by atoms with van der Waals surface area (Å²) in [5.41, 5.74) is 6.76. The molecule has 2 aliphatic rings. The lowest BCUT2D eigenvalue weighted by atomic mass is 10.2. The molecule has 0 atom stereocenters. The molecule has 2 aromatic rings. The fourth-order valence-corrected chi connectivity index (χ4v) is 5.52. The van der Waals surface area contributed by atoms with E-state index in [0.29, 0.717) is 67.4 Å². The lowest BCUT2D eigenvalue weighted by molar-refractivity contribution is -0.0721. The van der Waals surface area contributed by atoms with Crippen molar-refractivity contribution in [3.63, 3.8) is 0 Å². The van der Waals surface area contributed by atoms with Crippen molar-refractivity contribution in [3.8, 4) is 0 Å². The first-order valence-corrected chi connectivity index (χ1v) is 12.2. The molecule has 3 heterocycles. The molecule has 0 unspecified atom stereocenters. The number of anilines is 1. The van der Waals surface area contributed by atoms with Crippen molar-refractivity contribution in [3.05, 3.63) is 58.9 Å². The first kappa shape index (κ1) is 23.1. The molecule has 0 aliphatic carbocycles. The summed E-state index contributed by atoms with van der Waals surface area (Å²) < 4.78 is 35.4. The van der Waals surface area contributed by atoms with Crippen LogP contribution in [0.1, 0.15) is 16.1 Å². The molecule has 0 spiro atoms. The van der Waals surface area contributed by atoms with Crippen molar-refractivity contribution >= 4 is 33.3 Å². The number of halogens is 1. The molecule has 9 nitrogen and oxygen atoms in total. The Morgan fingerprint density at radius 2 is 1.94 bits per heavy atom. The number of nitrogens with two attached hydrogens (primary N) is 1. The Morgan fingerprint density at radius 1 is 1.19 bits per heavy atom. The van der Waals surface area contributed by atoms with Crippen LogP contribution < -0.4 is 10.0 Å². The molecule has 11 heteroatoms. The van der Waals surface area contributed by atoms with Crippen molar-refractivity contribution in [2.45, 2.75) is 12.6 Å². The van der Waals surface area contributed by atoms with E-state index in [1.807, 2.05) is 0 Å². The van der Waals surface area contributed by atoms with Gasteiger partial charge in [0.25, 0.3) is 0 Å². The summed E-state index contributed by atoms with van der Waals surface area (Å²) in [7, 11) is -3.84. The van der Waals surface area contributed by atoms with Crippen LogP contribution in [0.5, 0.6) is 0 Å². The van der Waals surface area contributed by atoms with Crippen LogP contribution in [0.3, 0.4) is 0 Å². The first-order chi connectivity index (χ1) is 15.4. The second kappa shape index (κ2) is 9.82. The minimum atomic E-state index is -3.84. The van der Waals surface area contributed by atoms with Crippen LogP contribution in [-0.2, 0) is 21.5 Å². The third-order valence-corrected chi connectivity index (χ3v) is 7.90. The van der Waals surface area contributed by atoms with E-state index in [4.69, 9.17) is 22.1 Å². The first-order valence-electron chi connectivity index (χ1n) is 10.4. The smallest absolute Gasteiger partial charge is 0.304 e. The van der Waals surface area contributed by atoms with Crippen LogP contribution in [0.15, 0.2) is 42.6 Å². The van der Waals surface area contributed by atoms with Crippen LogP contribution in [-0.4, -0.2) is 80.4 Å². The van der Waals surface area contributed by atoms with Gasteiger partial charge in [0.1, 0.15) is 0 Å². The van der Waals surface area contributed by atoms with E-state index in [9.17, 15) is 13.2 Å². The maximum absolute atomic E-state index is 13.7. The van der Waals surface area contributed by atoms with E-state index in [2.05, 4.69) is 9.88 Å². The van der Waals surface area contributed by atoms with E-state index >= 15 is 0 Å². The predicted molar refractivity (Wildman–Crippen MR) is 122 cm³/mol. The monoisotopic (exact) mass is 479 g/mol. The number of ketones is 1. The van der Waals surface area contributed by atoms with Crippen LogP contribution in [0.4, 0.5) is 5.69 Å². The number of pyridine rings is 1. The second-order valence-corrected chi connectivity index (χ2v) is 10.1. The molecule has 4 rings (SSSR count). The number of hydrogen-bond donors (Lipinski definition) is 1. The highest BCUT2D eigenvalue weighted by Gasteiger charge is 2.36. The fourth-order valence-electron chi connectivity index (χ4n) is 3.76. The van der Waals surface area contributed by atoms with Gasteiger partial charge in [0.15, 0.2) is 5.78 Å². The highest BCUT2D eigenvalue weighted by atomic mass is 35.5. The lowest BCUT2D eigenvalue weighted by Crippen LogP contribution is -2.59. The van der Waals surface area contributed by atoms with Gasteiger partial charge in [-0.25, -0.2) is 0 Å². The van der Waals surface area contributed by atoms with Gasteiger partial charge >= 0.3 is 10.2 Å². The summed E-state index contributed by atoms with van der Waals surface area (Å²) >= 11 is 6.16. The maximum atomic E-state index is 13.7. The summed E-state index contributed by atoms with van der Waals surface area (Å²) in [6.45, 7) is 3.42. The molecule has 2 fully saturated rings. The van der Waals surface area contributed by atoms with Gasteiger partial charge in [-0.2, -0.15) is 12.7 Å². The van der Waals surface area contributed by atoms with Gasteiger partial charge in [-0.1, -0.05) is 17.7 Å². The minimum absolute atomic E-state index is 0.0104. The Morgan fingerprint density at radius 3 is 2.50 bits per heavy atom. The molecule has 2 aliphatic heterocycles. The predicted octanol–water partition coefficient (Wildman–Crippen LogP) is 1.14. The van der Waals surface area contributed by atoms with E-state index < -0.39 is 10.2 Å². The number of ether oxygens (including phenoxy) is 1. The molecular formula is C21H26ClN5O4S. The van der Waals surface area contributed by atoms with Crippen LogP contribution in [0.2, 0.25) is 5.02 Å². The molecule has 32 heavy (non-hydrogen) atoms. The molecule has 2 saturated heterocycles. The number of carbonyl (C=O) groups is 1. The SMILES string of the molecule is NCC(=O)c1ccc(CN(c2cccc(Cl)c2)S(=O)(=O)N2CCN(C3COC3)CC2)nc1. The molecular weight excluding hydrogens is 454 g/mol. The van der Waals surface area contributed by atoms with Crippen molar-refractivity contribution in [2.75, 3.05) is 50.2 Å². The van der Waals surface area contributed by atoms with Crippen molar-refractivity contribution in [2.24, 2.45) is 5.73 Å². The number of carbonyl (C=O) groups excluding carboxylic acids is 1. The molecule has 172 valence electrons. The topological polar surface area (TPSA) is 109 Å². The van der Waals surface area contributed by atoms with Gasteiger partial charge in [-0.05, 0) is 30.3 Å². The van der Waals surface area contributed by atoms with Gasteiger partial charge in [-0.15, -0.1) is 0 Å². The highest BCUT2D eigenvalue weighted by Crippen LogP contribution is 2.27. The zero-order valence-electron chi connectivity index (χ0n) is 17.6. The van der Waals surface area contributed by atoms with Gasteiger partial charge in [0.2, 0.25) is 0 Å². The average molecular weight is 480 g/mol. The summed E-state index contributed by atoms with van der Waals surface area (Å²) in [5.74, 6) is -0.224. The van der Waals surface area contributed by atoms with Crippen LogP contribution in [0, 0.1) is 0 Å². The summed E-state index contributed by atoms with van der Waals surface area (Å²) in [6.07, 6.45) is 1.42. The molecule has 1 aromatic heterocycles. The standard InChI is InChI=1S/C21H26ClN5O4S/c22-17-2-1-3-19(10-17)27(13-18-5-4-16(12-24-18)21(28)11-23)32(29,30)26-8-6-25(7-9-26)20-14-31-15-20/h1-5,10,12,20H,6-9,11,13-15,23H2. The third-order valence-electron chi connectivity index (χ3n) is 5.75. The second-order valence-electron chi connectivity index (χ2n) is 7.79. The number of aromatic nitrogens is 1. The number of hydrogen-bond acceptors (Lipinski definition) is 7. The summed E-state index contributed by atoms with van der Waals surface area (Å²) in [4.78, 5) is 18.3. The Balaban J connectivity index is 1.57. The van der Waals surface area contributed by atoms with Gasteiger partial charge in [-0.3, -0.25) is 19.0 Å². The molecule has 1 aromatic carbocycles. The Kier molecular flexibility index (Phi) is 7.08. The summed E-state index contributed by atoms with van der Waals surface area (Å²) in [6, 6.07) is 10.4. The molecule has 0 amide bonds. The number of piperazine rings is 1. The third kappa shape index (κ3) is 4.95. The Labute approximate surface area is 192 Å². The zero-order chi connectivity index (χ0) is 22.7. The van der Waals surface area contributed by atoms with Gasteiger partial charge < -0.3 is 10.5 Å². The fraction of sp³-hybridized carbons (Fsp3) is 0.429. The highest BCUT2D eigenvalue weighted by molar-refractivity contribution is 7.90. The van der Waals surface area contributed by atoms with Crippen LogP contribution >= 0.6 is 11.6 Å². The van der Waals surface area contributed by atoms with E-state index in [1.54, 1.807) is 36.4 Å². The molecule has 2 N–H and O–H groups in total. The van der Waals surface area contributed by atoms with Crippen molar-refractivity contribution in [1.29, 1.82) is 0 Å². The number of rotatable bonds is 8. The minimum Gasteiger partial charge on any atom is -0.378 e. The molecule has 0 bridgehead atoms.